The molecule has 1 saturated carbocycles. The number of halogens is 2. The summed E-state index contributed by atoms with van der Waals surface area (Å²) in [7, 11) is 0. The summed E-state index contributed by atoms with van der Waals surface area (Å²) in [6.07, 6.45) is 5.19. The molecule has 1 aliphatic carbocycles. The van der Waals surface area contributed by atoms with Crippen molar-refractivity contribution < 1.29 is 4.39 Å². The maximum atomic E-state index is 13.5. The largest absolute Gasteiger partial charge is 0.312 e. The lowest BCUT2D eigenvalue weighted by Crippen LogP contribution is -2.24. The lowest BCUT2D eigenvalue weighted by Gasteiger charge is -2.15. The average molecular weight is 300 g/mol. The molecule has 1 aromatic carbocycles. The van der Waals surface area contributed by atoms with Crippen molar-refractivity contribution >= 4 is 15.9 Å². The number of benzene rings is 1. The van der Waals surface area contributed by atoms with Crippen molar-refractivity contribution in [3.8, 4) is 0 Å². The molecule has 1 nitrogen and oxygen atoms in total. The molecule has 0 bridgehead atoms. The molecule has 17 heavy (non-hydrogen) atoms. The van der Waals surface area contributed by atoms with Crippen molar-refractivity contribution in [2.75, 3.05) is 6.54 Å². The van der Waals surface area contributed by atoms with E-state index in [1.54, 1.807) is 6.07 Å². The Hall–Kier alpha value is -0.410. The van der Waals surface area contributed by atoms with E-state index in [0.29, 0.717) is 12.0 Å². The molecule has 0 unspecified atom stereocenters. The summed E-state index contributed by atoms with van der Waals surface area (Å²) in [5.74, 6) is -0.124. The van der Waals surface area contributed by atoms with Gasteiger partial charge in [-0.05, 0) is 42.9 Å². The van der Waals surface area contributed by atoms with Crippen molar-refractivity contribution in [1.29, 1.82) is 0 Å². The summed E-state index contributed by atoms with van der Waals surface area (Å²) in [5.41, 5.74) is 1.27. The van der Waals surface area contributed by atoms with Gasteiger partial charge in [-0.1, -0.05) is 29.3 Å². The van der Waals surface area contributed by atoms with Gasteiger partial charge in [0, 0.05) is 23.1 Å². The van der Waals surface area contributed by atoms with Gasteiger partial charge in [0.25, 0.3) is 0 Å². The van der Waals surface area contributed by atoms with Crippen LogP contribution in [-0.4, -0.2) is 6.54 Å². The first-order chi connectivity index (χ1) is 8.15. The molecule has 0 atom stereocenters. The van der Waals surface area contributed by atoms with Crippen LogP contribution in [0, 0.1) is 11.2 Å². The second-order valence-corrected chi connectivity index (χ2v) is 6.00. The summed E-state index contributed by atoms with van der Waals surface area (Å²) in [6, 6.07) is 5.10. The molecule has 0 saturated heterocycles. The Labute approximate surface area is 111 Å². The van der Waals surface area contributed by atoms with Crippen LogP contribution in [0.1, 0.15) is 38.2 Å². The van der Waals surface area contributed by atoms with E-state index in [-0.39, 0.29) is 5.82 Å². The van der Waals surface area contributed by atoms with E-state index in [1.807, 2.05) is 6.07 Å². The summed E-state index contributed by atoms with van der Waals surface area (Å²) in [4.78, 5) is 0. The molecule has 94 valence electrons. The van der Waals surface area contributed by atoms with Crippen LogP contribution in [0.5, 0.6) is 0 Å². The summed E-state index contributed by atoms with van der Waals surface area (Å²) >= 11 is 3.37. The van der Waals surface area contributed by atoms with Gasteiger partial charge in [-0.15, -0.1) is 0 Å². The van der Waals surface area contributed by atoms with Gasteiger partial charge < -0.3 is 5.32 Å². The van der Waals surface area contributed by atoms with Gasteiger partial charge in [0.05, 0.1) is 0 Å². The van der Waals surface area contributed by atoms with Crippen LogP contribution in [0.4, 0.5) is 4.39 Å². The molecule has 3 heteroatoms. The molecule has 0 heterocycles. The zero-order valence-corrected chi connectivity index (χ0v) is 11.8. The quantitative estimate of drug-likeness (QED) is 0.828. The molecule has 0 radical (unpaired) electrons. The first-order valence-corrected chi connectivity index (χ1v) is 7.09. The monoisotopic (exact) mass is 299 g/mol. The van der Waals surface area contributed by atoms with E-state index in [1.165, 1.54) is 31.7 Å². The highest BCUT2D eigenvalue weighted by Gasteiger charge is 2.40. The second-order valence-electron chi connectivity index (χ2n) is 5.09. The van der Waals surface area contributed by atoms with E-state index in [2.05, 4.69) is 28.2 Å². The molecule has 0 aliphatic heterocycles. The van der Waals surface area contributed by atoms with Crippen LogP contribution in [0.25, 0.3) is 0 Å². The van der Waals surface area contributed by atoms with Crippen LogP contribution in [-0.2, 0) is 6.54 Å². The Morgan fingerprint density at radius 3 is 2.82 bits per heavy atom. The van der Waals surface area contributed by atoms with Gasteiger partial charge >= 0.3 is 0 Å². The van der Waals surface area contributed by atoms with Crippen molar-refractivity contribution in [2.24, 2.45) is 5.41 Å². The highest BCUT2D eigenvalue weighted by Crippen LogP contribution is 2.48. The summed E-state index contributed by atoms with van der Waals surface area (Å²) < 4.78 is 14.4. The Morgan fingerprint density at radius 1 is 1.41 bits per heavy atom. The van der Waals surface area contributed by atoms with Gasteiger partial charge in [0.1, 0.15) is 5.82 Å². The fourth-order valence-electron chi connectivity index (χ4n) is 2.36. The topological polar surface area (TPSA) is 12.0 Å². The molecule has 1 fully saturated rings. The van der Waals surface area contributed by atoms with Crippen LogP contribution in [0.15, 0.2) is 22.7 Å². The molecule has 1 aromatic rings. The zero-order chi connectivity index (χ0) is 12.3. The van der Waals surface area contributed by atoms with Crippen molar-refractivity contribution in [3.05, 3.63) is 34.1 Å². The zero-order valence-electron chi connectivity index (χ0n) is 10.2. The number of hydrogen-bond donors (Lipinski definition) is 1. The SMILES string of the molecule is CCCC1(CNCc2cc(Br)ccc2F)CC1. The minimum Gasteiger partial charge on any atom is -0.312 e. The first kappa shape index (κ1) is 13.0. The minimum atomic E-state index is -0.124. The van der Waals surface area contributed by atoms with Gasteiger partial charge in [0.15, 0.2) is 0 Å². The number of rotatable bonds is 6. The summed E-state index contributed by atoms with van der Waals surface area (Å²) in [5, 5.41) is 3.40. The molecular formula is C14H19BrFN. The number of nitrogens with one attached hydrogen (secondary N) is 1. The van der Waals surface area contributed by atoms with Crippen molar-refractivity contribution in [3.63, 3.8) is 0 Å². The minimum absolute atomic E-state index is 0.124. The lowest BCUT2D eigenvalue weighted by atomic mass is 10.0. The van der Waals surface area contributed by atoms with Gasteiger partial charge in [0.2, 0.25) is 0 Å². The van der Waals surface area contributed by atoms with Crippen LogP contribution in [0.3, 0.4) is 0 Å². The third-order valence-corrected chi connectivity index (χ3v) is 4.05. The highest BCUT2D eigenvalue weighted by atomic mass is 79.9. The molecule has 0 amide bonds. The normalized spacial score (nSPS) is 17.1. The van der Waals surface area contributed by atoms with Crippen LogP contribution >= 0.6 is 15.9 Å². The maximum Gasteiger partial charge on any atom is 0.127 e. The third kappa shape index (κ3) is 3.52. The Balaban J connectivity index is 1.84. The lowest BCUT2D eigenvalue weighted by molar-refractivity contribution is 0.418. The van der Waals surface area contributed by atoms with E-state index >= 15 is 0 Å². The fourth-order valence-corrected chi connectivity index (χ4v) is 2.77. The van der Waals surface area contributed by atoms with Gasteiger partial charge in [-0.2, -0.15) is 0 Å². The highest BCUT2D eigenvalue weighted by molar-refractivity contribution is 9.10. The Kier molecular flexibility index (Phi) is 4.21. The summed E-state index contributed by atoms with van der Waals surface area (Å²) in [6.45, 7) is 3.87. The van der Waals surface area contributed by atoms with E-state index in [4.69, 9.17) is 0 Å². The first-order valence-electron chi connectivity index (χ1n) is 6.30. The molecule has 2 rings (SSSR count). The van der Waals surface area contributed by atoms with E-state index in [9.17, 15) is 4.39 Å². The molecule has 0 aromatic heterocycles. The Morgan fingerprint density at radius 2 is 2.18 bits per heavy atom. The predicted molar refractivity (Wildman–Crippen MR) is 72.4 cm³/mol. The number of hydrogen-bond acceptors (Lipinski definition) is 1. The molecule has 1 aliphatic rings. The van der Waals surface area contributed by atoms with E-state index < -0.39 is 0 Å². The predicted octanol–water partition coefficient (Wildman–Crippen LogP) is 4.26. The molecule has 0 spiro atoms. The average Bonchev–Trinajstić information content (AvgIpc) is 3.04. The van der Waals surface area contributed by atoms with Crippen LogP contribution in [0.2, 0.25) is 0 Å². The van der Waals surface area contributed by atoms with E-state index in [0.717, 1.165) is 16.6 Å². The maximum absolute atomic E-state index is 13.5. The van der Waals surface area contributed by atoms with Crippen molar-refractivity contribution in [2.45, 2.75) is 39.2 Å². The Bertz CT molecular complexity index is 388. The molecule has 1 N–H and O–H groups in total. The second kappa shape index (κ2) is 5.49. The van der Waals surface area contributed by atoms with Crippen molar-refractivity contribution in [1.82, 2.24) is 5.32 Å². The fraction of sp³-hybridized carbons (Fsp3) is 0.571. The molecular weight excluding hydrogens is 281 g/mol. The standard InChI is InChI=1S/C14H19BrFN/c1-2-5-14(6-7-14)10-17-9-11-8-12(15)3-4-13(11)16/h3-4,8,17H,2,5-7,9-10H2,1H3. The van der Waals surface area contributed by atoms with Gasteiger partial charge in [-0.3, -0.25) is 0 Å². The van der Waals surface area contributed by atoms with Gasteiger partial charge in [-0.25, -0.2) is 4.39 Å². The van der Waals surface area contributed by atoms with Crippen LogP contribution < -0.4 is 5.32 Å². The smallest absolute Gasteiger partial charge is 0.127 e. The third-order valence-electron chi connectivity index (χ3n) is 3.56.